The highest BCUT2D eigenvalue weighted by atomic mass is 32.2. The summed E-state index contributed by atoms with van der Waals surface area (Å²) in [5, 5.41) is 14.3. The van der Waals surface area contributed by atoms with Gasteiger partial charge in [-0.15, -0.1) is 10.2 Å². The van der Waals surface area contributed by atoms with Crippen molar-refractivity contribution in [3.05, 3.63) is 0 Å². The number of nitrogens with one attached hydrogen (secondary N) is 2. The maximum Gasteiger partial charge on any atom is 0.321 e. The van der Waals surface area contributed by atoms with E-state index in [9.17, 15) is 9.59 Å². The molecule has 0 spiro atoms. The number of piperidine rings is 1. The predicted octanol–water partition coefficient (Wildman–Crippen LogP) is 3.34. The Balaban J connectivity index is 1.39. The van der Waals surface area contributed by atoms with Gasteiger partial charge in [0.25, 0.3) is 0 Å². The summed E-state index contributed by atoms with van der Waals surface area (Å²) in [5.74, 6) is 1.24. The molecule has 1 aliphatic heterocycles. The van der Waals surface area contributed by atoms with Gasteiger partial charge in [-0.3, -0.25) is 10.1 Å². The van der Waals surface area contributed by atoms with Crippen molar-refractivity contribution in [2.75, 3.05) is 24.2 Å². The van der Waals surface area contributed by atoms with Crippen molar-refractivity contribution in [1.82, 2.24) is 20.4 Å². The molecule has 144 valence electrons. The first kappa shape index (κ1) is 19.4. The Morgan fingerprint density at radius 3 is 2.62 bits per heavy atom. The van der Waals surface area contributed by atoms with Crippen molar-refractivity contribution >= 4 is 40.2 Å². The van der Waals surface area contributed by atoms with Crippen LogP contribution in [0.3, 0.4) is 0 Å². The molecule has 2 aliphatic rings. The third kappa shape index (κ3) is 5.84. The molecular formula is C17H27N5O2S2. The molecular weight excluding hydrogens is 370 g/mol. The average molecular weight is 398 g/mol. The summed E-state index contributed by atoms with van der Waals surface area (Å²) in [6.45, 7) is 3.94. The van der Waals surface area contributed by atoms with Gasteiger partial charge in [0.1, 0.15) is 0 Å². The van der Waals surface area contributed by atoms with E-state index >= 15 is 0 Å². The summed E-state index contributed by atoms with van der Waals surface area (Å²) >= 11 is 2.70. The second-order valence-corrected chi connectivity index (χ2v) is 9.36. The number of hydrogen-bond acceptors (Lipinski definition) is 6. The molecule has 7 nitrogen and oxygen atoms in total. The van der Waals surface area contributed by atoms with Gasteiger partial charge in [0.05, 0.1) is 5.75 Å². The van der Waals surface area contributed by atoms with Crippen LogP contribution < -0.4 is 10.6 Å². The third-order valence-electron chi connectivity index (χ3n) is 5.02. The standard InChI is InChI=1S/C17H27N5O2S2/c1-12-7-9-22(10-8-12)14(23)11-25-17-21-20-16(26-17)19-15(24)18-13-5-3-2-4-6-13/h12-13H,2-11H2,1H3,(H2,18,19,20,24). The van der Waals surface area contributed by atoms with E-state index in [1.807, 2.05) is 4.90 Å². The van der Waals surface area contributed by atoms with E-state index in [1.165, 1.54) is 42.4 Å². The highest BCUT2D eigenvalue weighted by Crippen LogP contribution is 2.26. The summed E-state index contributed by atoms with van der Waals surface area (Å²) in [6.07, 6.45) is 7.86. The number of carbonyl (C=O) groups is 2. The number of amides is 3. The Morgan fingerprint density at radius 1 is 1.15 bits per heavy atom. The van der Waals surface area contributed by atoms with Crippen LogP contribution in [0.25, 0.3) is 0 Å². The fourth-order valence-electron chi connectivity index (χ4n) is 3.36. The Hall–Kier alpha value is -1.35. The van der Waals surface area contributed by atoms with Crippen LogP contribution in [0.4, 0.5) is 9.93 Å². The Labute approximate surface area is 162 Å². The third-order valence-corrected chi connectivity index (χ3v) is 6.98. The molecule has 1 aromatic heterocycles. The maximum atomic E-state index is 12.3. The van der Waals surface area contributed by atoms with Gasteiger partial charge in [0, 0.05) is 19.1 Å². The van der Waals surface area contributed by atoms with E-state index in [4.69, 9.17) is 0 Å². The molecule has 2 N–H and O–H groups in total. The summed E-state index contributed by atoms with van der Waals surface area (Å²) in [7, 11) is 0. The molecule has 3 rings (SSSR count). The van der Waals surface area contributed by atoms with Gasteiger partial charge in [-0.25, -0.2) is 4.79 Å². The number of likely N-dealkylation sites (tertiary alicyclic amines) is 1. The van der Waals surface area contributed by atoms with Crippen molar-refractivity contribution in [2.45, 2.75) is 62.3 Å². The van der Waals surface area contributed by atoms with Crippen molar-refractivity contribution in [2.24, 2.45) is 5.92 Å². The minimum atomic E-state index is -0.219. The van der Waals surface area contributed by atoms with Crippen LogP contribution in [-0.2, 0) is 4.79 Å². The number of aromatic nitrogens is 2. The minimum Gasteiger partial charge on any atom is -0.342 e. The monoisotopic (exact) mass is 397 g/mol. The lowest BCUT2D eigenvalue weighted by Crippen LogP contribution is -2.39. The summed E-state index contributed by atoms with van der Waals surface area (Å²) in [4.78, 5) is 26.2. The molecule has 0 atom stereocenters. The van der Waals surface area contributed by atoms with Gasteiger partial charge >= 0.3 is 6.03 Å². The van der Waals surface area contributed by atoms with E-state index in [2.05, 4.69) is 27.8 Å². The predicted molar refractivity (Wildman–Crippen MR) is 105 cm³/mol. The average Bonchev–Trinajstić information content (AvgIpc) is 3.08. The van der Waals surface area contributed by atoms with E-state index in [-0.39, 0.29) is 18.0 Å². The van der Waals surface area contributed by atoms with Gasteiger partial charge in [-0.1, -0.05) is 49.3 Å². The van der Waals surface area contributed by atoms with Crippen LogP contribution in [-0.4, -0.2) is 51.9 Å². The molecule has 26 heavy (non-hydrogen) atoms. The van der Waals surface area contributed by atoms with E-state index < -0.39 is 0 Å². The molecule has 9 heteroatoms. The zero-order valence-corrected chi connectivity index (χ0v) is 16.8. The van der Waals surface area contributed by atoms with E-state index in [0.717, 1.165) is 38.8 Å². The second kappa shape index (κ2) is 9.55. The lowest BCUT2D eigenvalue weighted by Gasteiger charge is -2.30. The first-order valence-corrected chi connectivity index (χ1v) is 11.2. The Kier molecular flexibility index (Phi) is 7.13. The highest BCUT2D eigenvalue weighted by molar-refractivity contribution is 8.01. The summed E-state index contributed by atoms with van der Waals surface area (Å²) in [6, 6.07) is 0.0403. The van der Waals surface area contributed by atoms with Crippen molar-refractivity contribution in [1.29, 1.82) is 0 Å². The molecule has 1 aliphatic carbocycles. The lowest BCUT2D eigenvalue weighted by molar-refractivity contribution is -0.129. The zero-order valence-electron chi connectivity index (χ0n) is 15.2. The molecule has 1 saturated heterocycles. The fraction of sp³-hybridized carbons (Fsp3) is 0.765. The Morgan fingerprint density at radius 2 is 1.88 bits per heavy atom. The van der Waals surface area contributed by atoms with Gasteiger partial charge < -0.3 is 10.2 Å². The van der Waals surface area contributed by atoms with Crippen molar-refractivity contribution < 1.29 is 9.59 Å². The number of anilines is 1. The van der Waals surface area contributed by atoms with E-state index in [1.54, 1.807) is 0 Å². The van der Waals surface area contributed by atoms with Crippen LogP contribution in [0.2, 0.25) is 0 Å². The number of urea groups is 1. The first-order chi connectivity index (χ1) is 12.6. The quantitative estimate of drug-likeness (QED) is 0.588. The molecule has 2 heterocycles. The van der Waals surface area contributed by atoms with Gasteiger partial charge in [-0.05, 0) is 31.6 Å². The lowest BCUT2D eigenvalue weighted by atomic mass is 9.96. The molecule has 3 amide bonds. The topological polar surface area (TPSA) is 87.2 Å². The fourth-order valence-corrected chi connectivity index (χ4v) is 5.01. The molecule has 0 unspecified atom stereocenters. The number of carbonyl (C=O) groups excluding carboxylic acids is 2. The maximum absolute atomic E-state index is 12.3. The van der Waals surface area contributed by atoms with Gasteiger partial charge in [-0.2, -0.15) is 0 Å². The molecule has 0 bridgehead atoms. The molecule has 2 fully saturated rings. The van der Waals surface area contributed by atoms with Crippen LogP contribution in [0, 0.1) is 5.92 Å². The molecule has 1 saturated carbocycles. The highest BCUT2D eigenvalue weighted by Gasteiger charge is 2.21. The second-order valence-electron chi connectivity index (χ2n) is 7.16. The Bertz CT molecular complexity index is 610. The summed E-state index contributed by atoms with van der Waals surface area (Å²) in [5.41, 5.74) is 0. The number of rotatable bonds is 5. The smallest absolute Gasteiger partial charge is 0.321 e. The molecule has 1 aromatic rings. The number of thioether (sulfide) groups is 1. The minimum absolute atomic E-state index is 0.154. The zero-order chi connectivity index (χ0) is 18.4. The number of hydrogen-bond donors (Lipinski definition) is 2. The van der Waals surface area contributed by atoms with Crippen LogP contribution in [0.5, 0.6) is 0 Å². The van der Waals surface area contributed by atoms with Crippen molar-refractivity contribution in [3.8, 4) is 0 Å². The van der Waals surface area contributed by atoms with Crippen LogP contribution in [0.15, 0.2) is 4.34 Å². The number of nitrogens with zero attached hydrogens (tertiary/aromatic N) is 3. The summed E-state index contributed by atoms with van der Waals surface area (Å²) < 4.78 is 0.705. The normalized spacial score (nSPS) is 19.3. The van der Waals surface area contributed by atoms with Gasteiger partial charge in [0.15, 0.2) is 4.34 Å². The largest absolute Gasteiger partial charge is 0.342 e. The SMILES string of the molecule is CC1CCN(C(=O)CSc2nnc(NC(=O)NC3CCCCC3)s2)CC1. The van der Waals surface area contributed by atoms with Crippen molar-refractivity contribution in [3.63, 3.8) is 0 Å². The first-order valence-electron chi connectivity index (χ1n) is 9.42. The van der Waals surface area contributed by atoms with Gasteiger partial charge in [0.2, 0.25) is 11.0 Å². The molecule has 0 radical (unpaired) electrons. The van der Waals surface area contributed by atoms with Crippen LogP contribution >= 0.6 is 23.1 Å². The van der Waals surface area contributed by atoms with E-state index in [0.29, 0.717) is 21.1 Å². The molecule has 0 aromatic carbocycles. The van der Waals surface area contributed by atoms with Crippen LogP contribution in [0.1, 0.15) is 51.9 Å².